The minimum atomic E-state index is -2.80. The fourth-order valence-electron chi connectivity index (χ4n) is 2.70. The van der Waals surface area contributed by atoms with Gasteiger partial charge in [-0.3, -0.25) is 0 Å². The first kappa shape index (κ1) is 17.1. The summed E-state index contributed by atoms with van der Waals surface area (Å²) in [6, 6.07) is 6.60. The van der Waals surface area contributed by atoms with Crippen molar-refractivity contribution in [2.24, 2.45) is 0 Å². The van der Waals surface area contributed by atoms with Crippen molar-refractivity contribution in [2.75, 3.05) is 26.2 Å². The lowest BCUT2D eigenvalue weighted by Crippen LogP contribution is -2.37. The largest absolute Gasteiger partial charge is 0.435 e. The van der Waals surface area contributed by atoms with Crippen LogP contribution in [0.3, 0.4) is 0 Å². The molecule has 1 fully saturated rings. The summed E-state index contributed by atoms with van der Waals surface area (Å²) >= 11 is 0. The molecule has 124 valence electrons. The van der Waals surface area contributed by atoms with Crippen LogP contribution in [-0.4, -0.2) is 48.9 Å². The average Bonchev–Trinajstić information content (AvgIpc) is 2.98. The molecule has 0 radical (unpaired) electrons. The standard InChI is InChI=1S/C16H24F2N2O2/c1-12(13-4-6-15(7-5-13)22-16(17)18)19-10-14(21)11-20-8-2-3-9-20/h4-7,12,14,16,19,21H,2-3,8-11H2,1H3. The Balaban J connectivity index is 1.74. The molecule has 2 atom stereocenters. The second kappa shape index (κ2) is 8.41. The van der Waals surface area contributed by atoms with Gasteiger partial charge in [-0.1, -0.05) is 12.1 Å². The number of nitrogens with one attached hydrogen (secondary N) is 1. The minimum Gasteiger partial charge on any atom is -0.435 e. The van der Waals surface area contributed by atoms with E-state index in [-0.39, 0.29) is 11.8 Å². The van der Waals surface area contributed by atoms with Crippen molar-refractivity contribution in [3.05, 3.63) is 29.8 Å². The predicted octanol–water partition coefficient (Wildman–Crippen LogP) is 2.40. The van der Waals surface area contributed by atoms with Crippen LogP contribution >= 0.6 is 0 Å². The first-order valence-corrected chi connectivity index (χ1v) is 7.73. The van der Waals surface area contributed by atoms with Gasteiger partial charge in [-0.15, -0.1) is 0 Å². The van der Waals surface area contributed by atoms with Crippen LogP contribution in [0.4, 0.5) is 8.78 Å². The maximum atomic E-state index is 12.1. The highest BCUT2D eigenvalue weighted by atomic mass is 19.3. The molecule has 1 aromatic carbocycles. The topological polar surface area (TPSA) is 44.7 Å². The van der Waals surface area contributed by atoms with E-state index in [1.807, 2.05) is 6.92 Å². The minimum absolute atomic E-state index is 0.0360. The lowest BCUT2D eigenvalue weighted by atomic mass is 10.1. The van der Waals surface area contributed by atoms with Crippen molar-refractivity contribution in [3.63, 3.8) is 0 Å². The molecule has 1 aromatic rings. The second-order valence-electron chi connectivity index (χ2n) is 5.74. The van der Waals surface area contributed by atoms with Crippen molar-refractivity contribution >= 4 is 0 Å². The number of β-amino-alcohol motifs (C(OH)–C–C–N with tert-alkyl or cyclic N) is 1. The number of aliphatic hydroxyl groups excluding tert-OH is 1. The fraction of sp³-hybridized carbons (Fsp3) is 0.625. The highest BCUT2D eigenvalue weighted by molar-refractivity contribution is 5.28. The third-order valence-electron chi connectivity index (χ3n) is 3.93. The molecule has 0 bridgehead atoms. The van der Waals surface area contributed by atoms with Crippen LogP contribution in [0.1, 0.15) is 31.4 Å². The first-order valence-electron chi connectivity index (χ1n) is 7.73. The van der Waals surface area contributed by atoms with Crippen molar-refractivity contribution in [1.82, 2.24) is 10.2 Å². The summed E-state index contributed by atoms with van der Waals surface area (Å²) in [7, 11) is 0. The third-order valence-corrected chi connectivity index (χ3v) is 3.93. The summed E-state index contributed by atoms with van der Waals surface area (Å²) < 4.78 is 28.5. The molecular formula is C16H24F2N2O2. The lowest BCUT2D eigenvalue weighted by Gasteiger charge is -2.22. The van der Waals surface area contributed by atoms with E-state index in [0.717, 1.165) is 18.7 Å². The van der Waals surface area contributed by atoms with Gasteiger partial charge in [0.25, 0.3) is 0 Å². The molecule has 1 heterocycles. The first-order chi connectivity index (χ1) is 10.5. The van der Waals surface area contributed by atoms with Gasteiger partial charge in [0.05, 0.1) is 6.10 Å². The van der Waals surface area contributed by atoms with Gasteiger partial charge < -0.3 is 20.1 Å². The number of hydrogen-bond acceptors (Lipinski definition) is 4. The number of hydrogen-bond donors (Lipinski definition) is 2. The van der Waals surface area contributed by atoms with Crippen LogP contribution in [0, 0.1) is 0 Å². The quantitative estimate of drug-likeness (QED) is 0.773. The number of nitrogens with zero attached hydrogens (tertiary/aromatic N) is 1. The van der Waals surface area contributed by atoms with Crippen molar-refractivity contribution in [2.45, 2.75) is 38.5 Å². The molecule has 1 saturated heterocycles. The number of benzene rings is 1. The smallest absolute Gasteiger partial charge is 0.387 e. The Hall–Kier alpha value is -1.24. The molecule has 0 amide bonds. The van der Waals surface area contributed by atoms with E-state index in [1.165, 1.54) is 25.0 Å². The maximum absolute atomic E-state index is 12.1. The molecule has 6 heteroatoms. The molecule has 1 aliphatic heterocycles. The van der Waals surface area contributed by atoms with Gasteiger partial charge in [-0.25, -0.2) is 0 Å². The highest BCUT2D eigenvalue weighted by Gasteiger charge is 2.16. The molecule has 0 aliphatic carbocycles. The molecular weight excluding hydrogens is 290 g/mol. The van der Waals surface area contributed by atoms with Gasteiger partial charge in [0.15, 0.2) is 0 Å². The van der Waals surface area contributed by atoms with Crippen molar-refractivity contribution in [3.8, 4) is 5.75 Å². The zero-order valence-corrected chi connectivity index (χ0v) is 12.8. The predicted molar refractivity (Wildman–Crippen MR) is 81.2 cm³/mol. The van der Waals surface area contributed by atoms with Gasteiger partial charge in [0.1, 0.15) is 5.75 Å². The van der Waals surface area contributed by atoms with Crippen LogP contribution < -0.4 is 10.1 Å². The van der Waals surface area contributed by atoms with Gasteiger partial charge in [0.2, 0.25) is 0 Å². The molecule has 2 rings (SSSR count). The number of ether oxygens (including phenoxy) is 1. The third kappa shape index (κ3) is 5.51. The monoisotopic (exact) mass is 314 g/mol. The molecule has 0 aromatic heterocycles. The zero-order chi connectivity index (χ0) is 15.9. The van der Waals surface area contributed by atoms with E-state index in [1.54, 1.807) is 12.1 Å². The molecule has 1 aliphatic rings. The summed E-state index contributed by atoms with van der Waals surface area (Å²) in [5, 5.41) is 13.3. The number of alkyl halides is 2. The van der Waals surface area contributed by atoms with E-state index < -0.39 is 12.7 Å². The molecule has 2 unspecified atom stereocenters. The number of halogens is 2. The highest BCUT2D eigenvalue weighted by Crippen LogP contribution is 2.19. The van der Waals surface area contributed by atoms with E-state index in [2.05, 4.69) is 15.0 Å². The molecule has 2 N–H and O–H groups in total. The number of likely N-dealkylation sites (tertiary alicyclic amines) is 1. The van der Waals surface area contributed by atoms with Gasteiger partial charge >= 0.3 is 6.61 Å². The van der Waals surface area contributed by atoms with Crippen LogP contribution in [0.5, 0.6) is 5.75 Å². The SMILES string of the molecule is CC(NCC(O)CN1CCCC1)c1ccc(OC(F)F)cc1. The maximum Gasteiger partial charge on any atom is 0.387 e. The van der Waals surface area contributed by atoms with Crippen LogP contribution in [0.25, 0.3) is 0 Å². The Morgan fingerprint density at radius 3 is 2.45 bits per heavy atom. The summed E-state index contributed by atoms with van der Waals surface area (Å²) in [6.07, 6.45) is 2.02. The van der Waals surface area contributed by atoms with E-state index in [4.69, 9.17) is 0 Å². The average molecular weight is 314 g/mol. The van der Waals surface area contributed by atoms with Crippen LogP contribution in [0.2, 0.25) is 0 Å². The Morgan fingerprint density at radius 1 is 1.23 bits per heavy atom. The van der Waals surface area contributed by atoms with E-state index in [9.17, 15) is 13.9 Å². The number of aliphatic hydroxyl groups is 1. The van der Waals surface area contributed by atoms with Gasteiger partial charge in [-0.05, 0) is 50.6 Å². The van der Waals surface area contributed by atoms with E-state index >= 15 is 0 Å². The van der Waals surface area contributed by atoms with E-state index in [0.29, 0.717) is 13.1 Å². The lowest BCUT2D eigenvalue weighted by molar-refractivity contribution is -0.0498. The van der Waals surface area contributed by atoms with Crippen LogP contribution in [-0.2, 0) is 0 Å². The Bertz CT molecular complexity index is 436. The van der Waals surface area contributed by atoms with Crippen molar-refractivity contribution < 1.29 is 18.6 Å². The molecule has 4 nitrogen and oxygen atoms in total. The Kier molecular flexibility index (Phi) is 6.54. The van der Waals surface area contributed by atoms with Gasteiger partial charge in [-0.2, -0.15) is 8.78 Å². The summed E-state index contributed by atoms with van der Waals surface area (Å²) in [5.41, 5.74) is 0.968. The zero-order valence-electron chi connectivity index (χ0n) is 12.8. The Labute approximate surface area is 130 Å². The molecule has 22 heavy (non-hydrogen) atoms. The van der Waals surface area contributed by atoms with Crippen LogP contribution in [0.15, 0.2) is 24.3 Å². The summed E-state index contributed by atoms with van der Waals surface area (Å²) in [6.45, 7) is 2.51. The van der Waals surface area contributed by atoms with Crippen molar-refractivity contribution in [1.29, 1.82) is 0 Å². The number of rotatable bonds is 8. The fourth-order valence-corrected chi connectivity index (χ4v) is 2.70. The molecule has 0 saturated carbocycles. The van der Waals surface area contributed by atoms with Gasteiger partial charge in [0, 0.05) is 19.1 Å². The molecule has 0 spiro atoms. The summed E-state index contributed by atoms with van der Waals surface area (Å²) in [5.74, 6) is 0.153. The Morgan fingerprint density at radius 2 is 1.86 bits per heavy atom. The second-order valence-corrected chi connectivity index (χ2v) is 5.74. The normalized spacial score (nSPS) is 18.6. The summed E-state index contributed by atoms with van der Waals surface area (Å²) in [4.78, 5) is 2.27.